The summed E-state index contributed by atoms with van der Waals surface area (Å²) in [5.74, 6) is 0.637. The van der Waals surface area contributed by atoms with Crippen molar-refractivity contribution in [1.29, 1.82) is 0 Å². The topological polar surface area (TPSA) is 69.3 Å². The lowest BCUT2D eigenvalue weighted by atomic mass is 10.2. The number of nitrogen functional groups attached to an aromatic ring is 2. The lowest BCUT2D eigenvalue weighted by molar-refractivity contribution is 0.783. The van der Waals surface area contributed by atoms with E-state index in [2.05, 4.69) is 11.9 Å². The largest absolute Gasteiger partial charge is 0.396 e. The third-order valence-corrected chi connectivity index (χ3v) is 2.80. The van der Waals surface area contributed by atoms with Gasteiger partial charge in [-0.25, -0.2) is 4.98 Å². The number of nitrogens with zero attached hydrogens (tertiary/aromatic N) is 2. The molecule has 0 atom stereocenters. The van der Waals surface area contributed by atoms with Crippen molar-refractivity contribution >= 4 is 28.8 Å². The first-order chi connectivity index (χ1) is 7.63. The average molecular weight is 239 g/mol. The van der Waals surface area contributed by atoms with Gasteiger partial charge in [0.25, 0.3) is 0 Å². The summed E-state index contributed by atoms with van der Waals surface area (Å²) in [5.41, 5.74) is 14.0. The van der Waals surface area contributed by atoms with Crippen molar-refractivity contribution in [2.75, 3.05) is 11.5 Å². The maximum atomic E-state index is 6.00. The van der Waals surface area contributed by atoms with E-state index in [1.54, 1.807) is 16.7 Å². The van der Waals surface area contributed by atoms with E-state index < -0.39 is 0 Å². The number of unbranched alkanes of at least 4 members (excludes halogenated alkanes) is 1. The Morgan fingerprint density at radius 2 is 2.19 bits per heavy atom. The number of aryl methyl sites for hydroxylation is 1. The minimum absolute atomic E-state index is 0.557. The van der Waals surface area contributed by atoms with Crippen LogP contribution in [0.15, 0.2) is 12.3 Å². The number of halogens is 1. The summed E-state index contributed by atoms with van der Waals surface area (Å²) in [5, 5.41) is 0.566. The van der Waals surface area contributed by atoms with Crippen LogP contribution in [-0.4, -0.2) is 9.38 Å². The van der Waals surface area contributed by atoms with Gasteiger partial charge in [-0.15, -0.1) is 0 Å². The predicted octanol–water partition coefficient (Wildman–Crippen LogP) is 2.49. The van der Waals surface area contributed by atoms with Gasteiger partial charge in [-0.3, -0.25) is 4.40 Å². The van der Waals surface area contributed by atoms with Crippen LogP contribution >= 0.6 is 11.6 Å². The fourth-order valence-corrected chi connectivity index (χ4v) is 1.94. The first kappa shape index (κ1) is 11.1. The highest BCUT2D eigenvalue weighted by Gasteiger charge is 2.11. The number of fused-ring (bicyclic) bond motifs is 1. The number of pyridine rings is 1. The zero-order valence-corrected chi connectivity index (χ0v) is 9.96. The molecule has 2 heterocycles. The Morgan fingerprint density at radius 3 is 2.88 bits per heavy atom. The van der Waals surface area contributed by atoms with Gasteiger partial charge in [-0.05, 0) is 18.9 Å². The predicted molar refractivity (Wildman–Crippen MR) is 67.6 cm³/mol. The Morgan fingerprint density at radius 1 is 1.44 bits per heavy atom. The molecule has 16 heavy (non-hydrogen) atoms. The molecule has 4 N–H and O–H groups in total. The van der Waals surface area contributed by atoms with Gasteiger partial charge in [-0.2, -0.15) is 0 Å². The van der Waals surface area contributed by atoms with E-state index in [-0.39, 0.29) is 0 Å². The van der Waals surface area contributed by atoms with Crippen LogP contribution in [0, 0.1) is 0 Å². The van der Waals surface area contributed by atoms with Crippen molar-refractivity contribution in [3.05, 3.63) is 23.0 Å². The van der Waals surface area contributed by atoms with Crippen LogP contribution < -0.4 is 11.5 Å². The van der Waals surface area contributed by atoms with E-state index in [0.717, 1.165) is 25.0 Å². The Labute approximate surface area is 99.2 Å². The molecule has 0 bridgehead atoms. The molecule has 2 aromatic heterocycles. The molecule has 0 saturated heterocycles. The Bertz CT molecular complexity index is 518. The average Bonchev–Trinajstić information content (AvgIpc) is 2.54. The zero-order chi connectivity index (χ0) is 11.7. The van der Waals surface area contributed by atoms with Crippen molar-refractivity contribution in [1.82, 2.24) is 9.38 Å². The SMILES string of the molecule is CCCCc1nc2c(N)cc(Cl)cn2c1N. The fourth-order valence-electron chi connectivity index (χ4n) is 1.73. The number of hydrogen-bond donors (Lipinski definition) is 2. The first-order valence-electron chi connectivity index (χ1n) is 5.35. The zero-order valence-electron chi connectivity index (χ0n) is 9.20. The summed E-state index contributed by atoms with van der Waals surface area (Å²) in [6, 6.07) is 1.69. The molecule has 0 aliphatic carbocycles. The number of imidazole rings is 1. The van der Waals surface area contributed by atoms with Crippen LogP contribution in [0.2, 0.25) is 5.02 Å². The number of anilines is 2. The van der Waals surface area contributed by atoms with Crippen LogP contribution in [0.25, 0.3) is 5.65 Å². The van der Waals surface area contributed by atoms with E-state index in [0.29, 0.717) is 22.2 Å². The van der Waals surface area contributed by atoms with E-state index in [1.807, 2.05) is 0 Å². The van der Waals surface area contributed by atoms with Crippen molar-refractivity contribution in [3.63, 3.8) is 0 Å². The highest BCUT2D eigenvalue weighted by Crippen LogP contribution is 2.24. The monoisotopic (exact) mass is 238 g/mol. The molecular formula is C11H15ClN4. The number of aromatic nitrogens is 2. The molecule has 0 unspecified atom stereocenters. The summed E-state index contributed by atoms with van der Waals surface area (Å²) in [6.45, 7) is 2.14. The van der Waals surface area contributed by atoms with Crippen molar-refractivity contribution in [2.24, 2.45) is 0 Å². The van der Waals surface area contributed by atoms with Gasteiger partial charge in [-0.1, -0.05) is 24.9 Å². The van der Waals surface area contributed by atoms with Crippen LogP contribution in [0.4, 0.5) is 11.5 Å². The number of hydrogen-bond acceptors (Lipinski definition) is 3. The molecule has 2 aromatic rings. The van der Waals surface area contributed by atoms with Gasteiger partial charge in [0, 0.05) is 6.20 Å². The summed E-state index contributed by atoms with van der Waals surface area (Å²) in [4.78, 5) is 4.44. The number of nitrogens with two attached hydrogens (primary N) is 2. The molecule has 0 radical (unpaired) electrons. The summed E-state index contributed by atoms with van der Waals surface area (Å²) in [7, 11) is 0. The van der Waals surface area contributed by atoms with E-state index in [1.165, 1.54) is 0 Å². The molecule has 2 rings (SSSR count). The van der Waals surface area contributed by atoms with Gasteiger partial charge >= 0.3 is 0 Å². The van der Waals surface area contributed by atoms with Gasteiger partial charge in [0.2, 0.25) is 0 Å². The molecule has 0 saturated carbocycles. The molecule has 0 aliphatic rings. The molecule has 86 valence electrons. The highest BCUT2D eigenvalue weighted by atomic mass is 35.5. The molecule has 5 heteroatoms. The molecule has 0 aromatic carbocycles. The van der Waals surface area contributed by atoms with Crippen LogP contribution in [-0.2, 0) is 6.42 Å². The second-order valence-electron chi connectivity index (χ2n) is 3.85. The van der Waals surface area contributed by atoms with E-state index in [4.69, 9.17) is 23.1 Å². The van der Waals surface area contributed by atoms with Gasteiger partial charge in [0.15, 0.2) is 5.65 Å². The Balaban J connectivity index is 2.54. The van der Waals surface area contributed by atoms with Crippen LogP contribution in [0.5, 0.6) is 0 Å². The third kappa shape index (κ3) is 1.80. The summed E-state index contributed by atoms with van der Waals surface area (Å²) < 4.78 is 1.75. The van der Waals surface area contributed by atoms with E-state index in [9.17, 15) is 0 Å². The molecule has 0 spiro atoms. The second kappa shape index (κ2) is 4.22. The Kier molecular flexibility index (Phi) is 2.92. The second-order valence-corrected chi connectivity index (χ2v) is 4.29. The summed E-state index contributed by atoms with van der Waals surface area (Å²) >= 11 is 5.93. The van der Waals surface area contributed by atoms with E-state index >= 15 is 0 Å². The van der Waals surface area contributed by atoms with Gasteiger partial charge < -0.3 is 11.5 Å². The highest BCUT2D eigenvalue weighted by molar-refractivity contribution is 6.30. The minimum atomic E-state index is 0.557. The maximum absolute atomic E-state index is 6.00. The minimum Gasteiger partial charge on any atom is -0.396 e. The lowest BCUT2D eigenvalue weighted by Crippen LogP contribution is -1.97. The van der Waals surface area contributed by atoms with Crippen LogP contribution in [0.1, 0.15) is 25.5 Å². The molecule has 0 fully saturated rings. The standard InChI is InChI=1S/C11H15ClN4/c1-2-3-4-9-10(14)16-6-7(12)5-8(13)11(16)15-9/h5-6H,2-4,13-14H2,1H3. The quantitative estimate of drug-likeness (QED) is 0.863. The van der Waals surface area contributed by atoms with Crippen molar-refractivity contribution < 1.29 is 0 Å². The van der Waals surface area contributed by atoms with Gasteiger partial charge in [0.1, 0.15) is 5.82 Å². The fraction of sp³-hybridized carbons (Fsp3) is 0.364. The molecule has 0 aliphatic heterocycles. The maximum Gasteiger partial charge on any atom is 0.162 e. The van der Waals surface area contributed by atoms with Gasteiger partial charge in [0.05, 0.1) is 16.4 Å². The summed E-state index contributed by atoms with van der Waals surface area (Å²) in [6.07, 6.45) is 4.80. The van der Waals surface area contributed by atoms with Crippen molar-refractivity contribution in [3.8, 4) is 0 Å². The molecule has 0 amide bonds. The number of rotatable bonds is 3. The Hall–Kier alpha value is -1.42. The molecular weight excluding hydrogens is 224 g/mol. The van der Waals surface area contributed by atoms with Crippen molar-refractivity contribution in [2.45, 2.75) is 26.2 Å². The smallest absolute Gasteiger partial charge is 0.162 e. The van der Waals surface area contributed by atoms with Crippen LogP contribution in [0.3, 0.4) is 0 Å². The lowest BCUT2D eigenvalue weighted by Gasteiger charge is -2.00. The first-order valence-corrected chi connectivity index (χ1v) is 5.72. The molecule has 4 nitrogen and oxygen atoms in total. The normalized spacial score (nSPS) is 11.1. The third-order valence-electron chi connectivity index (χ3n) is 2.60.